The fraction of sp³-hybridized carbons (Fsp3) is 0.300. The molecule has 0 atom stereocenters. The molecule has 1 aromatic heterocycles. The maximum Gasteiger partial charge on any atom is 0.226 e. The number of carbonyl (C=O) groups excluding carboxylic acids is 2. The molecule has 0 aromatic carbocycles. The minimum absolute atomic E-state index is 0.135. The monoisotopic (exact) mass is 207 g/mol. The molecule has 0 aliphatic heterocycles. The maximum atomic E-state index is 11.3. The smallest absolute Gasteiger partial charge is 0.226 e. The zero-order valence-corrected chi connectivity index (χ0v) is 8.49. The van der Waals surface area contributed by atoms with E-state index < -0.39 is 0 Å². The van der Waals surface area contributed by atoms with E-state index in [-0.39, 0.29) is 18.2 Å². The van der Waals surface area contributed by atoms with Crippen LogP contribution in [0.5, 0.6) is 0 Å². The van der Waals surface area contributed by atoms with Crippen molar-refractivity contribution >= 4 is 17.5 Å². The first-order chi connectivity index (χ1) is 7.18. The van der Waals surface area contributed by atoms with Crippen LogP contribution in [0.15, 0.2) is 24.5 Å². The Kier molecular flexibility index (Phi) is 4.28. The number of anilines is 1. The Morgan fingerprint density at radius 1 is 1.47 bits per heavy atom. The standard InChI is InChI=1S/C10H13N3O2/c1-8(14)12-6-4-10(15)13-9-3-2-5-11-7-9/h2-3,5,7H,4,6H2,1H3,(H,12,14)(H,13,15). The summed E-state index contributed by atoms with van der Waals surface area (Å²) < 4.78 is 0. The number of carbonyl (C=O) groups is 2. The predicted octanol–water partition coefficient (Wildman–Crippen LogP) is 0.546. The Balaban J connectivity index is 2.28. The number of pyridine rings is 1. The van der Waals surface area contributed by atoms with Crippen molar-refractivity contribution in [1.29, 1.82) is 0 Å². The molecule has 80 valence electrons. The van der Waals surface area contributed by atoms with Gasteiger partial charge in [0.1, 0.15) is 0 Å². The Labute approximate surface area is 87.9 Å². The van der Waals surface area contributed by atoms with Crippen LogP contribution in [0.1, 0.15) is 13.3 Å². The van der Waals surface area contributed by atoms with E-state index in [9.17, 15) is 9.59 Å². The van der Waals surface area contributed by atoms with Crippen LogP contribution in [0.4, 0.5) is 5.69 Å². The van der Waals surface area contributed by atoms with Crippen molar-refractivity contribution in [2.45, 2.75) is 13.3 Å². The van der Waals surface area contributed by atoms with Crippen molar-refractivity contribution < 1.29 is 9.59 Å². The third kappa shape index (κ3) is 4.75. The van der Waals surface area contributed by atoms with E-state index >= 15 is 0 Å². The highest BCUT2D eigenvalue weighted by atomic mass is 16.2. The van der Waals surface area contributed by atoms with Gasteiger partial charge in [0.2, 0.25) is 11.8 Å². The number of nitrogens with zero attached hydrogens (tertiary/aromatic N) is 1. The summed E-state index contributed by atoms with van der Waals surface area (Å²) in [5.74, 6) is -0.277. The van der Waals surface area contributed by atoms with Crippen LogP contribution in [-0.2, 0) is 9.59 Å². The van der Waals surface area contributed by atoms with Crippen LogP contribution in [-0.4, -0.2) is 23.3 Å². The summed E-state index contributed by atoms with van der Waals surface area (Å²) in [5, 5.41) is 5.21. The number of rotatable bonds is 4. The normalized spacial score (nSPS) is 9.40. The van der Waals surface area contributed by atoms with Crippen molar-refractivity contribution in [3.8, 4) is 0 Å². The molecule has 0 unspecified atom stereocenters. The van der Waals surface area contributed by atoms with Crippen molar-refractivity contribution in [1.82, 2.24) is 10.3 Å². The summed E-state index contributed by atoms with van der Waals surface area (Å²) in [7, 11) is 0. The predicted molar refractivity (Wildman–Crippen MR) is 56.2 cm³/mol. The summed E-state index contributed by atoms with van der Waals surface area (Å²) in [6.45, 7) is 1.76. The van der Waals surface area contributed by atoms with Crippen molar-refractivity contribution in [2.75, 3.05) is 11.9 Å². The molecular weight excluding hydrogens is 194 g/mol. The molecule has 0 bridgehead atoms. The van der Waals surface area contributed by atoms with E-state index in [1.807, 2.05) is 0 Å². The highest BCUT2D eigenvalue weighted by Gasteiger charge is 2.01. The van der Waals surface area contributed by atoms with Gasteiger partial charge in [-0.25, -0.2) is 0 Å². The van der Waals surface area contributed by atoms with E-state index in [0.29, 0.717) is 12.2 Å². The molecule has 0 saturated heterocycles. The molecule has 0 radical (unpaired) electrons. The Morgan fingerprint density at radius 2 is 2.27 bits per heavy atom. The lowest BCUT2D eigenvalue weighted by molar-refractivity contribution is -0.119. The van der Waals surface area contributed by atoms with Gasteiger partial charge in [-0.2, -0.15) is 0 Å². The minimum Gasteiger partial charge on any atom is -0.356 e. The quantitative estimate of drug-likeness (QED) is 0.757. The molecule has 2 amide bonds. The Bertz CT molecular complexity index is 338. The van der Waals surface area contributed by atoms with E-state index in [0.717, 1.165) is 0 Å². The lowest BCUT2D eigenvalue weighted by Gasteiger charge is -2.04. The SMILES string of the molecule is CC(=O)NCCC(=O)Nc1cccnc1. The highest BCUT2D eigenvalue weighted by molar-refractivity contribution is 5.90. The third-order valence-corrected chi connectivity index (χ3v) is 1.67. The minimum atomic E-state index is -0.142. The Morgan fingerprint density at radius 3 is 2.87 bits per heavy atom. The van der Waals surface area contributed by atoms with E-state index in [1.165, 1.54) is 6.92 Å². The first-order valence-corrected chi connectivity index (χ1v) is 4.63. The lowest BCUT2D eigenvalue weighted by Crippen LogP contribution is -2.25. The maximum absolute atomic E-state index is 11.3. The second-order valence-corrected chi connectivity index (χ2v) is 3.02. The molecule has 0 aliphatic carbocycles. The van der Waals surface area contributed by atoms with Crippen LogP contribution in [0.2, 0.25) is 0 Å². The number of hydrogen-bond acceptors (Lipinski definition) is 3. The topological polar surface area (TPSA) is 71.1 Å². The highest BCUT2D eigenvalue weighted by Crippen LogP contribution is 2.02. The third-order valence-electron chi connectivity index (χ3n) is 1.67. The molecule has 5 heteroatoms. The van der Waals surface area contributed by atoms with Gasteiger partial charge in [0, 0.05) is 26.1 Å². The van der Waals surface area contributed by atoms with E-state index in [2.05, 4.69) is 15.6 Å². The van der Waals surface area contributed by atoms with Crippen LogP contribution in [0.3, 0.4) is 0 Å². The molecule has 0 saturated carbocycles. The summed E-state index contributed by atoms with van der Waals surface area (Å²) in [6.07, 6.45) is 3.46. The van der Waals surface area contributed by atoms with Gasteiger partial charge in [-0.1, -0.05) is 0 Å². The van der Waals surface area contributed by atoms with Crippen molar-refractivity contribution in [3.63, 3.8) is 0 Å². The molecule has 1 rings (SSSR count). The average Bonchev–Trinajstić information content (AvgIpc) is 2.18. The van der Waals surface area contributed by atoms with Gasteiger partial charge in [0.05, 0.1) is 11.9 Å². The fourth-order valence-electron chi connectivity index (χ4n) is 1.01. The fourth-order valence-corrected chi connectivity index (χ4v) is 1.01. The van der Waals surface area contributed by atoms with Crippen LogP contribution < -0.4 is 10.6 Å². The number of nitrogens with one attached hydrogen (secondary N) is 2. The lowest BCUT2D eigenvalue weighted by atomic mass is 10.3. The second kappa shape index (κ2) is 5.74. The van der Waals surface area contributed by atoms with Gasteiger partial charge >= 0.3 is 0 Å². The van der Waals surface area contributed by atoms with Crippen LogP contribution in [0.25, 0.3) is 0 Å². The van der Waals surface area contributed by atoms with Gasteiger partial charge < -0.3 is 10.6 Å². The zero-order valence-electron chi connectivity index (χ0n) is 8.49. The molecule has 15 heavy (non-hydrogen) atoms. The molecular formula is C10H13N3O2. The summed E-state index contributed by atoms with van der Waals surface area (Å²) in [6, 6.07) is 3.49. The molecule has 2 N–H and O–H groups in total. The largest absolute Gasteiger partial charge is 0.356 e. The van der Waals surface area contributed by atoms with Gasteiger partial charge in [-0.15, -0.1) is 0 Å². The molecule has 1 heterocycles. The van der Waals surface area contributed by atoms with E-state index in [4.69, 9.17) is 0 Å². The van der Waals surface area contributed by atoms with Crippen molar-refractivity contribution in [2.24, 2.45) is 0 Å². The first-order valence-electron chi connectivity index (χ1n) is 4.63. The zero-order chi connectivity index (χ0) is 11.1. The summed E-state index contributed by atoms with van der Waals surface area (Å²) in [4.78, 5) is 25.7. The molecule has 0 aliphatic rings. The van der Waals surface area contributed by atoms with Crippen LogP contribution in [0, 0.1) is 0 Å². The number of aromatic nitrogens is 1. The molecule has 1 aromatic rings. The number of hydrogen-bond donors (Lipinski definition) is 2. The van der Waals surface area contributed by atoms with Crippen molar-refractivity contribution in [3.05, 3.63) is 24.5 Å². The molecule has 0 fully saturated rings. The van der Waals surface area contributed by atoms with Gasteiger partial charge in [-0.3, -0.25) is 14.6 Å². The van der Waals surface area contributed by atoms with Gasteiger partial charge in [0.25, 0.3) is 0 Å². The second-order valence-electron chi connectivity index (χ2n) is 3.02. The average molecular weight is 207 g/mol. The van der Waals surface area contributed by atoms with Crippen LogP contribution >= 0.6 is 0 Å². The summed E-state index contributed by atoms with van der Waals surface area (Å²) in [5.41, 5.74) is 0.658. The molecule has 0 spiro atoms. The summed E-state index contributed by atoms with van der Waals surface area (Å²) >= 11 is 0. The van der Waals surface area contributed by atoms with Gasteiger partial charge in [-0.05, 0) is 12.1 Å². The Hall–Kier alpha value is -1.91. The molecule has 5 nitrogen and oxygen atoms in total. The number of amides is 2. The van der Waals surface area contributed by atoms with E-state index in [1.54, 1.807) is 24.5 Å². The van der Waals surface area contributed by atoms with Gasteiger partial charge in [0.15, 0.2) is 0 Å². The first kappa shape index (κ1) is 11.2.